The van der Waals surface area contributed by atoms with Gasteiger partial charge in [0.2, 0.25) is 0 Å². The van der Waals surface area contributed by atoms with Gasteiger partial charge in [0.1, 0.15) is 17.6 Å². The number of nitrogens with zero attached hydrogens (tertiary/aromatic N) is 1. The number of hydrogen-bond acceptors (Lipinski definition) is 4. The van der Waals surface area contributed by atoms with Crippen LogP contribution in [0.2, 0.25) is 0 Å². The fourth-order valence-electron chi connectivity index (χ4n) is 4.46. The predicted octanol–water partition coefficient (Wildman–Crippen LogP) is 4.35. The fourth-order valence-corrected chi connectivity index (χ4v) is 4.46. The van der Waals surface area contributed by atoms with Crippen molar-refractivity contribution in [2.75, 3.05) is 20.1 Å². The van der Waals surface area contributed by atoms with Crippen molar-refractivity contribution in [1.82, 2.24) is 10.2 Å². The van der Waals surface area contributed by atoms with Crippen LogP contribution in [0.5, 0.6) is 11.5 Å². The van der Waals surface area contributed by atoms with E-state index in [2.05, 4.69) is 28.1 Å². The number of ether oxygens (including phenoxy) is 2. The van der Waals surface area contributed by atoms with Crippen molar-refractivity contribution in [3.8, 4) is 11.5 Å². The lowest BCUT2D eigenvalue weighted by atomic mass is 9.87. The Bertz CT molecular complexity index is 946. The number of nitrogens with one attached hydrogen (secondary N) is 1. The number of amides is 1. The van der Waals surface area contributed by atoms with Crippen molar-refractivity contribution in [1.29, 1.82) is 0 Å². The van der Waals surface area contributed by atoms with Gasteiger partial charge in [-0.15, -0.1) is 13.2 Å². The SMILES string of the molecule is CN1CCCC(Oc2cccc3c2C[C@H](NC(=O)c2ccc(OC(F)(F)F)cc2)CC3)C1. The van der Waals surface area contributed by atoms with E-state index in [4.69, 9.17) is 4.74 Å². The summed E-state index contributed by atoms with van der Waals surface area (Å²) in [5, 5.41) is 3.02. The van der Waals surface area contributed by atoms with E-state index < -0.39 is 6.36 Å². The van der Waals surface area contributed by atoms with E-state index in [1.54, 1.807) is 0 Å². The molecule has 1 heterocycles. The number of likely N-dealkylation sites (tertiary alicyclic amines) is 1. The number of hydrogen-bond donors (Lipinski definition) is 1. The molecule has 1 aliphatic carbocycles. The Morgan fingerprint density at radius 2 is 1.91 bits per heavy atom. The summed E-state index contributed by atoms with van der Waals surface area (Å²) in [6.45, 7) is 1.99. The Labute approximate surface area is 185 Å². The summed E-state index contributed by atoms with van der Waals surface area (Å²) in [6, 6.07) is 11.0. The van der Waals surface area contributed by atoms with E-state index in [9.17, 15) is 18.0 Å². The highest BCUT2D eigenvalue weighted by molar-refractivity contribution is 5.94. The zero-order valence-corrected chi connectivity index (χ0v) is 18.0. The van der Waals surface area contributed by atoms with Gasteiger partial charge in [0, 0.05) is 18.2 Å². The average Bonchev–Trinajstić information content (AvgIpc) is 2.73. The van der Waals surface area contributed by atoms with E-state index in [1.807, 2.05) is 12.1 Å². The first-order valence-electron chi connectivity index (χ1n) is 10.9. The molecule has 0 radical (unpaired) electrons. The van der Waals surface area contributed by atoms with Crippen LogP contribution in [0.1, 0.15) is 40.7 Å². The van der Waals surface area contributed by atoms with E-state index in [1.165, 1.54) is 17.7 Å². The summed E-state index contributed by atoms with van der Waals surface area (Å²) in [7, 11) is 2.10. The van der Waals surface area contributed by atoms with E-state index >= 15 is 0 Å². The Kier molecular flexibility index (Phi) is 6.60. The first-order chi connectivity index (χ1) is 15.3. The molecule has 0 spiro atoms. The van der Waals surface area contributed by atoms with Gasteiger partial charge in [-0.1, -0.05) is 12.1 Å². The van der Waals surface area contributed by atoms with E-state index in [-0.39, 0.29) is 23.8 Å². The molecule has 2 aromatic rings. The van der Waals surface area contributed by atoms with Crippen LogP contribution >= 0.6 is 0 Å². The molecule has 8 heteroatoms. The normalized spacial score (nSPS) is 21.5. The zero-order chi connectivity index (χ0) is 22.7. The van der Waals surface area contributed by atoms with Crippen LogP contribution in [0.4, 0.5) is 13.2 Å². The molecule has 4 rings (SSSR count). The second-order valence-corrected chi connectivity index (χ2v) is 8.52. The molecule has 5 nitrogen and oxygen atoms in total. The predicted molar refractivity (Wildman–Crippen MR) is 114 cm³/mol. The number of rotatable bonds is 5. The molecule has 0 aromatic heterocycles. The summed E-state index contributed by atoms with van der Waals surface area (Å²) >= 11 is 0. The maximum absolute atomic E-state index is 12.6. The second kappa shape index (κ2) is 9.40. The minimum atomic E-state index is -4.76. The largest absolute Gasteiger partial charge is 0.573 e. The molecule has 2 atom stereocenters. The summed E-state index contributed by atoms with van der Waals surface area (Å²) in [5.41, 5.74) is 2.66. The number of halogens is 3. The molecular formula is C24H27F3N2O3. The quantitative estimate of drug-likeness (QED) is 0.739. The monoisotopic (exact) mass is 448 g/mol. The molecule has 32 heavy (non-hydrogen) atoms. The smallest absolute Gasteiger partial charge is 0.489 e. The number of carbonyl (C=O) groups is 1. The van der Waals surface area contributed by atoms with Gasteiger partial charge in [0.25, 0.3) is 5.91 Å². The van der Waals surface area contributed by atoms with Crippen LogP contribution in [-0.4, -0.2) is 49.5 Å². The van der Waals surface area contributed by atoms with Crippen molar-refractivity contribution >= 4 is 5.91 Å². The molecule has 0 saturated carbocycles. The summed E-state index contributed by atoms with van der Waals surface area (Å²) in [5.74, 6) is 0.218. The minimum absolute atomic E-state index is 0.0696. The lowest BCUT2D eigenvalue weighted by Gasteiger charge is -2.32. The van der Waals surface area contributed by atoms with Crippen LogP contribution in [-0.2, 0) is 12.8 Å². The van der Waals surface area contributed by atoms with Gasteiger partial charge in [0.05, 0.1) is 0 Å². The molecule has 0 bridgehead atoms. The van der Waals surface area contributed by atoms with Crippen LogP contribution in [0, 0.1) is 0 Å². The number of aryl methyl sites for hydroxylation is 1. The van der Waals surface area contributed by atoms with Crippen LogP contribution < -0.4 is 14.8 Å². The van der Waals surface area contributed by atoms with Crippen LogP contribution in [0.25, 0.3) is 0 Å². The molecule has 2 aliphatic rings. The van der Waals surface area contributed by atoms with Crippen molar-refractivity contribution in [2.45, 2.75) is 50.6 Å². The molecule has 1 fully saturated rings. The van der Waals surface area contributed by atoms with Gasteiger partial charge in [-0.2, -0.15) is 0 Å². The third-order valence-electron chi connectivity index (χ3n) is 6.00. The van der Waals surface area contributed by atoms with Crippen molar-refractivity contribution in [3.63, 3.8) is 0 Å². The summed E-state index contributed by atoms with van der Waals surface area (Å²) in [4.78, 5) is 14.9. The molecule has 1 saturated heterocycles. The first kappa shape index (κ1) is 22.5. The van der Waals surface area contributed by atoms with Gasteiger partial charge in [-0.05, 0) is 87.2 Å². The topological polar surface area (TPSA) is 50.8 Å². The van der Waals surface area contributed by atoms with Crippen LogP contribution in [0.3, 0.4) is 0 Å². The van der Waals surface area contributed by atoms with Gasteiger partial charge in [0.15, 0.2) is 0 Å². The first-order valence-corrected chi connectivity index (χ1v) is 10.9. The molecule has 1 amide bonds. The van der Waals surface area contributed by atoms with Crippen molar-refractivity contribution in [3.05, 3.63) is 59.2 Å². The third kappa shape index (κ3) is 5.73. The summed E-state index contributed by atoms with van der Waals surface area (Å²) in [6.07, 6.45) is -0.164. The van der Waals surface area contributed by atoms with Gasteiger partial charge in [-0.3, -0.25) is 4.79 Å². The van der Waals surface area contributed by atoms with Gasteiger partial charge < -0.3 is 19.7 Å². The zero-order valence-electron chi connectivity index (χ0n) is 18.0. The Morgan fingerprint density at radius 3 is 2.62 bits per heavy atom. The highest BCUT2D eigenvalue weighted by atomic mass is 19.4. The second-order valence-electron chi connectivity index (χ2n) is 8.52. The number of likely N-dealkylation sites (N-methyl/N-ethyl adjacent to an activating group) is 1. The van der Waals surface area contributed by atoms with Crippen LogP contribution in [0.15, 0.2) is 42.5 Å². The molecule has 1 aliphatic heterocycles. The molecule has 172 valence electrons. The Morgan fingerprint density at radius 1 is 1.12 bits per heavy atom. The Hall–Kier alpha value is -2.74. The molecule has 2 aromatic carbocycles. The number of piperidine rings is 1. The number of carbonyl (C=O) groups excluding carboxylic acids is 1. The van der Waals surface area contributed by atoms with E-state index in [0.717, 1.165) is 62.2 Å². The Balaban J connectivity index is 1.40. The van der Waals surface area contributed by atoms with Crippen molar-refractivity contribution in [2.24, 2.45) is 0 Å². The summed E-state index contributed by atoms with van der Waals surface area (Å²) < 4.78 is 47.2. The lowest BCUT2D eigenvalue weighted by Crippen LogP contribution is -2.40. The van der Waals surface area contributed by atoms with Gasteiger partial charge in [-0.25, -0.2) is 0 Å². The molecule has 1 N–H and O–H groups in total. The average molecular weight is 448 g/mol. The van der Waals surface area contributed by atoms with Gasteiger partial charge >= 0.3 is 6.36 Å². The third-order valence-corrected chi connectivity index (χ3v) is 6.00. The number of benzene rings is 2. The number of alkyl halides is 3. The highest BCUT2D eigenvalue weighted by Crippen LogP contribution is 2.31. The molecular weight excluding hydrogens is 421 g/mol. The maximum atomic E-state index is 12.6. The van der Waals surface area contributed by atoms with Crippen molar-refractivity contribution < 1.29 is 27.4 Å². The van der Waals surface area contributed by atoms with E-state index in [0.29, 0.717) is 12.0 Å². The standard InChI is InChI=1S/C24H27F3N2O3/c1-29-13-3-5-20(15-29)31-22-6-2-4-16-7-10-18(14-21(16)22)28-23(30)17-8-11-19(12-9-17)32-24(25,26)27/h2,4,6,8-9,11-12,18,20H,3,5,7,10,13-15H2,1H3,(H,28,30)/t18-,20?/m1/s1. The minimum Gasteiger partial charge on any atom is -0.489 e. The lowest BCUT2D eigenvalue weighted by molar-refractivity contribution is -0.274. The number of fused-ring (bicyclic) bond motifs is 1. The maximum Gasteiger partial charge on any atom is 0.573 e. The highest BCUT2D eigenvalue weighted by Gasteiger charge is 2.31. The fraction of sp³-hybridized carbons (Fsp3) is 0.458. The molecule has 1 unspecified atom stereocenters.